The third-order valence-electron chi connectivity index (χ3n) is 6.50. The van der Waals surface area contributed by atoms with Crippen LogP contribution in [0.1, 0.15) is 15.9 Å². The Labute approximate surface area is 240 Å². The molecule has 0 unspecified atom stereocenters. The van der Waals surface area contributed by atoms with E-state index in [0.717, 1.165) is 21.2 Å². The quantitative estimate of drug-likeness (QED) is 0.159. The van der Waals surface area contributed by atoms with E-state index in [9.17, 15) is 4.79 Å². The predicted octanol–water partition coefficient (Wildman–Crippen LogP) is 7.92. The molecule has 204 valence electrons. The van der Waals surface area contributed by atoms with Crippen molar-refractivity contribution in [1.82, 2.24) is 0 Å². The molecular weight excluding hydrogens is 576 g/mol. The Morgan fingerprint density at radius 2 is 1.30 bits per heavy atom. The van der Waals surface area contributed by atoms with E-state index in [0.29, 0.717) is 50.9 Å². The van der Waals surface area contributed by atoms with Gasteiger partial charge in [-0.2, -0.15) is 0 Å². The van der Waals surface area contributed by atoms with Crippen LogP contribution in [-0.4, -0.2) is 34.4 Å². The summed E-state index contributed by atoms with van der Waals surface area (Å²) >= 11 is 3.43. The van der Waals surface area contributed by atoms with Gasteiger partial charge in [0.25, 0.3) is 0 Å². The van der Waals surface area contributed by atoms with Gasteiger partial charge >= 0.3 is 5.97 Å². The first kappa shape index (κ1) is 27.1. The van der Waals surface area contributed by atoms with Crippen molar-refractivity contribution in [3.05, 3.63) is 94.5 Å². The summed E-state index contributed by atoms with van der Waals surface area (Å²) in [7, 11) is 6.33. The molecule has 0 saturated carbocycles. The van der Waals surface area contributed by atoms with Gasteiger partial charge in [-0.3, -0.25) is 0 Å². The van der Waals surface area contributed by atoms with Gasteiger partial charge in [-0.25, -0.2) is 4.79 Å². The number of hydrogen-bond acceptors (Lipinski definition) is 7. The van der Waals surface area contributed by atoms with Crippen molar-refractivity contribution < 1.29 is 32.9 Å². The van der Waals surface area contributed by atoms with Crippen LogP contribution in [0.5, 0.6) is 23.0 Å². The maximum atomic E-state index is 13.6. The minimum absolute atomic E-state index is 0.107. The molecule has 0 atom stereocenters. The summed E-state index contributed by atoms with van der Waals surface area (Å²) in [6, 6.07) is 24.1. The third kappa shape index (κ3) is 5.49. The number of carbonyl (C=O) groups is 1. The largest absolute Gasteiger partial charge is 0.497 e. The smallest absolute Gasteiger partial charge is 0.339 e. The van der Waals surface area contributed by atoms with E-state index in [1.54, 1.807) is 46.6 Å². The Morgan fingerprint density at radius 3 is 1.90 bits per heavy atom. The molecule has 0 radical (unpaired) electrons. The molecule has 0 aliphatic rings. The van der Waals surface area contributed by atoms with Gasteiger partial charge in [0, 0.05) is 33.1 Å². The Morgan fingerprint density at radius 1 is 0.700 bits per heavy atom. The lowest BCUT2D eigenvalue weighted by Gasteiger charge is -2.12. The van der Waals surface area contributed by atoms with Crippen LogP contribution in [0.3, 0.4) is 0 Å². The summed E-state index contributed by atoms with van der Waals surface area (Å²) < 4.78 is 35.1. The molecule has 0 fully saturated rings. The molecule has 8 heteroatoms. The first-order chi connectivity index (χ1) is 19.4. The Hall–Kier alpha value is -4.43. The second kappa shape index (κ2) is 11.8. The van der Waals surface area contributed by atoms with Crippen molar-refractivity contribution in [2.45, 2.75) is 6.61 Å². The SMILES string of the molecule is COc1ccc(-c2oc3cc(OC)cc(C(=O)OCc4ccc(Br)cc4)c3c2-c2cc(OC)cc(OC)c2)cc1. The number of carbonyl (C=O) groups excluding carboxylic acids is 1. The fourth-order valence-electron chi connectivity index (χ4n) is 4.46. The summed E-state index contributed by atoms with van der Waals surface area (Å²) in [5.41, 5.74) is 3.87. The monoisotopic (exact) mass is 602 g/mol. The van der Waals surface area contributed by atoms with Crippen molar-refractivity contribution in [3.63, 3.8) is 0 Å². The summed E-state index contributed by atoms with van der Waals surface area (Å²) in [6.07, 6.45) is 0. The molecule has 0 N–H and O–H groups in total. The molecular formula is C32H27BrO7. The van der Waals surface area contributed by atoms with E-state index < -0.39 is 5.97 Å². The number of ether oxygens (including phenoxy) is 5. The second-order valence-electron chi connectivity index (χ2n) is 8.89. The Bertz CT molecular complexity index is 1630. The molecule has 0 aliphatic heterocycles. The van der Waals surface area contributed by atoms with Crippen molar-refractivity contribution in [2.75, 3.05) is 28.4 Å². The van der Waals surface area contributed by atoms with Gasteiger partial charge < -0.3 is 28.1 Å². The maximum absolute atomic E-state index is 13.6. The van der Waals surface area contributed by atoms with E-state index >= 15 is 0 Å². The zero-order valence-corrected chi connectivity index (χ0v) is 24.0. The molecule has 0 aliphatic carbocycles. The van der Waals surface area contributed by atoms with Crippen molar-refractivity contribution >= 4 is 32.9 Å². The first-order valence-corrected chi connectivity index (χ1v) is 13.2. The van der Waals surface area contributed by atoms with Crippen LogP contribution in [0.4, 0.5) is 0 Å². The summed E-state index contributed by atoms with van der Waals surface area (Å²) in [4.78, 5) is 13.6. The Kier molecular flexibility index (Phi) is 7.98. The van der Waals surface area contributed by atoms with E-state index in [-0.39, 0.29) is 6.61 Å². The topological polar surface area (TPSA) is 76.4 Å². The average molecular weight is 603 g/mol. The van der Waals surface area contributed by atoms with E-state index in [2.05, 4.69) is 15.9 Å². The van der Waals surface area contributed by atoms with Crippen LogP contribution in [0.2, 0.25) is 0 Å². The molecule has 5 rings (SSSR count). The number of furan rings is 1. The van der Waals surface area contributed by atoms with Gasteiger partial charge in [-0.1, -0.05) is 28.1 Å². The van der Waals surface area contributed by atoms with E-state index in [4.69, 9.17) is 28.1 Å². The van der Waals surface area contributed by atoms with E-state index in [1.807, 2.05) is 60.7 Å². The number of halogens is 1. The molecule has 0 spiro atoms. The minimum atomic E-state index is -0.509. The highest BCUT2D eigenvalue weighted by Crippen LogP contribution is 2.46. The van der Waals surface area contributed by atoms with Crippen LogP contribution in [0, 0.1) is 0 Å². The highest BCUT2D eigenvalue weighted by molar-refractivity contribution is 9.10. The molecule has 1 heterocycles. The second-order valence-corrected chi connectivity index (χ2v) is 9.80. The number of rotatable bonds is 9. The van der Waals surface area contributed by atoms with Gasteiger partial charge in [-0.15, -0.1) is 0 Å². The number of fused-ring (bicyclic) bond motifs is 1. The number of hydrogen-bond donors (Lipinski definition) is 0. The van der Waals surface area contributed by atoms with Crippen LogP contribution >= 0.6 is 15.9 Å². The molecule has 40 heavy (non-hydrogen) atoms. The summed E-state index contributed by atoms with van der Waals surface area (Å²) in [6.45, 7) is 0.107. The summed E-state index contributed by atoms with van der Waals surface area (Å²) in [5, 5.41) is 0.586. The molecule has 4 aromatic carbocycles. The fourth-order valence-corrected chi connectivity index (χ4v) is 4.73. The van der Waals surface area contributed by atoms with Crippen LogP contribution < -0.4 is 18.9 Å². The number of methoxy groups -OCH3 is 4. The molecule has 0 amide bonds. The summed E-state index contributed by atoms with van der Waals surface area (Å²) in [5.74, 6) is 2.42. The highest BCUT2D eigenvalue weighted by Gasteiger charge is 2.26. The third-order valence-corrected chi connectivity index (χ3v) is 7.02. The molecule has 5 aromatic rings. The lowest BCUT2D eigenvalue weighted by molar-refractivity contribution is 0.0474. The van der Waals surface area contributed by atoms with Gasteiger partial charge in [0.05, 0.1) is 34.0 Å². The molecule has 7 nitrogen and oxygen atoms in total. The fraction of sp³-hybridized carbons (Fsp3) is 0.156. The lowest BCUT2D eigenvalue weighted by Crippen LogP contribution is -2.06. The van der Waals surface area contributed by atoms with Crippen LogP contribution in [0.25, 0.3) is 33.4 Å². The zero-order chi connectivity index (χ0) is 28.2. The van der Waals surface area contributed by atoms with Gasteiger partial charge in [0.1, 0.15) is 40.9 Å². The molecule has 1 aromatic heterocycles. The highest BCUT2D eigenvalue weighted by atomic mass is 79.9. The van der Waals surface area contributed by atoms with Crippen LogP contribution in [0.15, 0.2) is 87.8 Å². The Balaban J connectivity index is 1.73. The zero-order valence-electron chi connectivity index (χ0n) is 22.4. The van der Waals surface area contributed by atoms with Gasteiger partial charge in [0.2, 0.25) is 0 Å². The maximum Gasteiger partial charge on any atom is 0.339 e. The van der Waals surface area contributed by atoms with Gasteiger partial charge in [-0.05, 0) is 65.7 Å². The minimum Gasteiger partial charge on any atom is -0.497 e. The van der Waals surface area contributed by atoms with Gasteiger partial charge in [0.15, 0.2) is 0 Å². The normalized spacial score (nSPS) is 10.8. The number of esters is 1. The molecule has 0 bridgehead atoms. The average Bonchev–Trinajstić information content (AvgIpc) is 3.39. The molecule has 0 saturated heterocycles. The first-order valence-electron chi connectivity index (χ1n) is 12.4. The lowest BCUT2D eigenvalue weighted by atomic mass is 9.95. The van der Waals surface area contributed by atoms with Crippen LogP contribution in [-0.2, 0) is 11.3 Å². The van der Waals surface area contributed by atoms with Crippen molar-refractivity contribution in [3.8, 4) is 45.4 Å². The number of benzene rings is 4. The standard InChI is InChI=1S/C32H27BrO7/c1-35-23-11-7-20(8-12-23)31-29(21-13-24(36-2)15-25(14-21)37-3)30-27(16-26(38-4)17-28(30)40-31)32(34)39-18-19-5-9-22(33)10-6-19/h5-17H,18H2,1-4H3. The van der Waals surface area contributed by atoms with Crippen molar-refractivity contribution in [2.24, 2.45) is 0 Å². The van der Waals surface area contributed by atoms with E-state index in [1.165, 1.54) is 0 Å². The van der Waals surface area contributed by atoms with Crippen molar-refractivity contribution in [1.29, 1.82) is 0 Å². The predicted molar refractivity (Wildman–Crippen MR) is 157 cm³/mol.